The summed E-state index contributed by atoms with van der Waals surface area (Å²) in [6.45, 7) is 6.93. The van der Waals surface area contributed by atoms with Crippen LogP contribution < -0.4 is 14.9 Å². The topological polar surface area (TPSA) is 53.7 Å². The molecule has 1 aliphatic rings. The minimum Gasteiger partial charge on any atom is -0.454 e. The molecule has 0 saturated carbocycles. The van der Waals surface area contributed by atoms with E-state index in [0.717, 1.165) is 44.3 Å². The van der Waals surface area contributed by atoms with E-state index in [4.69, 9.17) is 4.42 Å². The van der Waals surface area contributed by atoms with Crippen molar-refractivity contribution in [1.82, 2.24) is 4.98 Å². The maximum Gasteiger partial charge on any atom is 0.216 e. The maximum absolute atomic E-state index is 10.1. The fraction of sp³-hybridized carbons (Fsp3) is 0.121. The molecule has 4 nitrogen and oxygen atoms in total. The zero-order valence-electron chi connectivity index (χ0n) is 21.8. The van der Waals surface area contributed by atoms with Crippen LogP contribution in [-0.2, 0) is 7.05 Å². The van der Waals surface area contributed by atoms with Crippen LogP contribution in [0, 0.1) is 18.3 Å². The average Bonchev–Trinajstić information content (AvgIpc) is 3.41. The Bertz CT molecular complexity index is 1990. The summed E-state index contributed by atoms with van der Waals surface area (Å²) in [6, 6.07) is 28.1. The lowest BCUT2D eigenvalue weighted by atomic mass is 9.96. The molecule has 0 spiro atoms. The zero-order valence-corrected chi connectivity index (χ0v) is 22.8. The fourth-order valence-electron chi connectivity index (χ4n) is 6.22. The van der Waals surface area contributed by atoms with Crippen molar-refractivity contribution in [3.63, 3.8) is 0 Å². The van der Waals surface area contributed by atoms with E-state index in [2.05, 4.69) is 96.3 Å². The van der Waals surface area contributed by atoms with Crippen LogP contribution in [0.2, 0.25) is 13.1 Å². The van der Waals surface area contributed by atoms with Gasteiger partial charge in [-0.15, -0.1) is 0 Å². The van der Waals surface area contributed by atoms with Crippen LogP contribution in [0.5, 0.6) is 0 Å². The molecule has 5 heteroatoms. The summed E-state index contributed by atoms with van der Waals surface area (Å²) in [5, 5.41) is 14.9. The van der Waals surface area contributed by atoms with E-state index in [1.54, 1.807) is 6.20 Å². The van der Waals surface area contributed by atoms with E-state index >= 15 is 0 Å². The van der Waals surface area contributed by atoms with Crippen LogP contribution >= 0.6 is 0 Å². The van der Waals surface area contributed by atoms with Gasteiger partial charge in [-0.25, -0.2) is 9.55 Å². The number of aryl methyl sites for hydroxylation is 2. The van der Waals surface area contributed by atoms with Gasteiger partial charge in [0.05, 0.1) is 11.1 Å². The molecule has 3 aromatic heterocycles. The van der Waals surface area contributed by atoms with E-state index in [1.165, 1.54) is 21.5 Å². The smallest absolute Gasteiger partial charge is 0.216 e. The quantitative estimate of drug-likeness (QED) is 0.209. The van der Waals surface area contributed by atoms with Crippen molar-refractivity contribution in [2.45, 2.75) is 20.0 Å². The number of nitriles is 1. The molecule has 0 amide bonds. The average molecular weight is 509 g/mol. The second-order valence-electron chi connectivity index (χ2n) is 10.7. The van der Waals surface area contributed by atoms with Crippen LogP contribution in [0.3, 0.4) is 0 Å². The van der Waals surface area contributed by atoms with Gasteiger partial charge in [0.25, 0.3) is 0 Å². The zero-order chi connectivity index (χ0) is 26.2. The lowest BCUT2D eigenvalue weighted by Crippen LogP contribution is -2.49. The number of fused-ring (bicyclic) bond motifs is 6. The predicted molar refractivity (Wildman–Crippen MR) is 155 cm³/mol. The first-order chi connectivity index (χ1) is 18.4. The third-order valence-electron chi connectivity index (χ3n) is 8.18. The van der Waals surface area contributed by atoms with Gasteiger partial charge in [0, 0.05) is 29.1 Å². The monoisotopic (exact) mass is 508 g/mol. The molecule has 7 rings (SSSR count). The number of pyridine rings is 2. The van der Waals surface area contributed by atoms with Crippen molar-refractivity contribution in [2.24, 2.45) is 7.05 Å². The third-order valence-corrected chi connectivity index (χ3v) is 11.7. The molecule has 0 bridgehead atoms. The molecular formula is C33H26N3OSi+. The van der Waals surface area contributed by atoms with Gasteiger partial charge < -0.3 is 4.42 Å². The fourth-order valence-corrected chi connectivity index (χ4v) is 9.30. The normalized spacial score (nSPS) is 13.4. The van der Waals surface area contributed by atoms with Crippen molar-refractivity contribution in [3.8, 4) is 39.6 Å². The molecule has 0 fully saturated rings. The highest BCUT2D eigenvalue weighted by Crippen LogP contribution is 2.42. The SMILES string of the molecule is Cc1ccc2c(oc3c(-c4ccc5c(c4)-c4ccccc4[Si]5(C)C)c(C#N)ncc32)c1-c1cccc[n+]1C. The molecule has 0 aliphatic carbocycles. The van der Waals surface area contributed by atoms with Gasteiger partial charge >= 0.3 is 0 Å². The van der Waals surface area contributed by atoms with Gasteiger partial charge in [-0.1, -0.05) is 61.6 Å². The first kappa shape index (κ1) is 22.6. The van der Waals surface area contributed by atoms with Crippen molar-refractivity contribution in [1.29, 1.82) is 5.26 Å². The minimum atomic E-state index is -1.77. The molecule has 4 heterocycles. The molecule has 0 atom stereocenters. The molecule has 0 radical (unpaired) electrons. The number of hydrogen-bond acceptors (Lipinski definition) is 3. The van der Waals surface area contributed by atoms with E-state index in [9.17, 15) is 5.26 Å². The lowest BCUT2D eigenvalue weighted by Gasteiger charge is -2.18. The Morgan fingerprint density at radius 1 is 0.842 bits per heavy atom. The first-order valence-corrected chi connectivity index (χ1v) is 15.8. The summed E-state index contributed by atoms with van der Waals surface area (Å²) in [6.07, 6.45) is 3.83. The first-order valence-electron chi connectivity index (χ1n) is 12.8. The molecular weight excluding hydrogens is 482 g/mol. The molecule has 6 aromatic rings. The molecule has 1 aliphatic heterocycles. The Labute approximate surface area is 222 Å². The second-order valence-corrected chi connectivity index (χ2v) is 15.0. The van der Waals surface area contributed by atoms with Crippen molar-refractivity contribution < 1.29 is 8.98 Å². The predicted octanol–water partition coefficient (Wildman–Crippen LogP) is 6.12. The summed E-state index contributed by atoms with van der Waals surface area (Å²) in [5.41, 5.74) is 9.46. The minimum absolute atomic E-state index is 0.378. The number of nitrogens with zero attached hydrogens (tertiary/aromatic N) is 3. The molecule has 0 N–H and O–H groups in total. The van der Waals surface area contributed by atoms with Gasteiger partial charge in [-0.05, 0) is 51.7 Å². The highest BCUT2D eigenvalue weighted by Gasteiger charge is 2.37. The molecule has 0 unspecified atom stereocenters. The lowest BCUT2D eigenvalue weighted by molar-refractivity contribution is -0.660. The summed E-state index contributed by atoms with van der Waals surface area (Å²) >= 11 is 0. The van der Waals surface area contributed by atoms with Gasteiger partial charge in [0.1, 0.15) is 32.4 Å². The standard InChI is InChI=1S/C33H26N3OSi/c1-20-12-14-23-25-19-35-26(18-34)31(33(25)37-32(23)30(20)27-10-7-8-16-36(27)2)21-13-15-29-24(17-21)22-9-5-6-11-28(22)38(29,3)4/h5-17,19H,1-4H3/q+1. The number of benzene rings is 3. The number of aromatic nitrogens is 2. The Morgan fingerprint density at radius 2 is 1.61 bits per heavy atom. The molecule has 3 aromatic carbocycles. The maximum atomic E-state index is 10.1. The van der Waals surface area contributed by atoms with E-state index in [0.29, 0.717) is 11.3 Å². The van der Waals surface area contributed by atoms with Gasteiger partial charge in [0.15, 0.2) is 11.9 Å². The van der Waals surface area contributed by atoms with Crippen LogP contribution in [0.15, 0.2) is 89.6 Å². The highest BCUT2D eigenvalue weighted by atomic mass is 28.3. The van der Waals surface area contributed by atoms with Crippen LogP contribution in [0.25, 0.3) is 55.4 Å². The Balaban J connectivity index is 1.54. The number of rotatable bonds is 2. The summed E-state index contributed by atoms with van der Waals surface area (Å²) < 4.78 is 8.85. The van der Waals surface area contributed by atoms with Gasteiger partial charge in [-0.3, -0.25) is 0 Å². The van der Waals surface area contributed by atoms with E-state index in [1.807, 2.05) is 25.4 Å². The Morgan fingerprint density at radius 3 is 2.42 bits per heavy atom. The largest absolute Gasteiger partial charge is 0.454 e. The van der Waals surface area contributed by atoms with Crippen molar-refractivity contribution in [2.75, 3.05) is 0 Å². The summed E-state index contributed by atoms with van der Waals surface area (Å²) in [4.78, 5) is 4.62. The molecule has 38 heavy (non-hydrogen) atoms. The van der Waals surface area contributed by atoms with Crippen molar-refractivity contribution in [3.05, 3.63) is 96.4 Å². The van der Waals surface area contributed by atoms with Crippen LogP contribution in [0.4, 0.5) is 0 Å². The third kappa shape index (κ3) is 3.01. The van der Waals surface area contributed by atoms with Crippen LogP contribution in [-0.4, -0.2) is 13.1 Å². The number of hydrogen-bond donors (Lipinski definition) is 0. The van der Waals surface area contributed by atoms with Crippen molar-refractivity contribution >= 4 is 40.4 Å². The Kier molecular flexibility index (Phi) is 4.76. The Hall–Kier alpha value is -4.53. The van der Waals surface area contributed by atoms with Crippen LogP contribution in [0.1, 0.15) is 11.3 Å². The molecule has 0 saturated heterocycles. The highest BCUT2D eigenvalue weighted by molar-refractivity contribution is 7.03. The van der Waals surface area contributed by atoms with E-state index < -0.39 is 8.07 Å². The number of furan rings is 1. The van der Waals surface area contributed by atoms with E-state index in [-0.39, 0.29) is 0 Å². The summed E-state index contributed by atoms with van der Waals surface area (Å²) in [5.74, 6) is 0. The van der Waals surface area contributed by atoms with Gasteiger partial charge in [-0.2, -0.15) is 5.26 Å². The molecule has 182 valence electrons. The van der Waals surface area contributed by atoms with Gasteiger partial charge in [0.2, 0.25) is 5.69 Å². The summed E-state index contributed by atoms with van der Waals surface area (Å²) in [7, 11) is 0.275. The second kappa shape index (κ2) is 7.98.